The third-order valence-electron chi connectivity index (χ3n) is 6.48. The molecule has 0 bridgehead atoms. The van der Waals surface area contributed by atoms with Crippen LogP contribution in [-0.2, 0) is 13.1 Å². The lowest BCUT2D eigenvalue weighted by Crippen LogP contribution is -2.32. The molecule has 8 nitrogen and oxygen atoms in total. The maximum atomic E-state index is 13.2. The standard InChI is InChI=1S/C30H20Cl2N4O4S3/c31-23-25(42-35(27(23)37)17-19-9-3-1-4-10-19)21-13-7-15-33(39)29(21)41-30-22(14-8-16-34(30)40)26-24(32)28(38)36(43-26)18-20-11-5-2-6-12-20/h1-16H,17-18H2. The first-order chi connectivity index (χ1) is 20.8. The van der Waals surface area contributed by atoms with Crippen LogP contribution in [-0.4, -0.2) is 7.91 Å². The quantitative estimate of drug-likeness (QED) is 0.141. The monoisotopic (exact) mass is 666 g/mol. The Morgan fingerprint density at radius 2 is 1.02 bits per heavy atom. The van der Waals surface area contributed by atoms with E-state index in [1.165, 1.54) is 20.3 Å². The van der Waals surface area contributed by atoms with Crippen molar-refractivity contribution < 1.29 is 9.46 Å². The van der Waals surface area contributed by atoms with Crippen molar-refractivity contribution in [2.75, 3.05) is 0 Å². The Morgan fingerprint density at radius 1 is 0.628 bits per heavy atom. The van der Waals surface area contributed by atoms with E-state index in [0.29, 0.717) is 43.4 Å². The minimum absolute atomic E-state index is 0.0171. The van der Waals surface area contributed by atoms with Gasteiger partial charge in [-0.15, -0.1) is 0 Å². The lowest BCUT2D eigenvalue weighted by molar-refractivity contribution is -0.651. The summed E-state index contributed by atoms with van der Waals surface area (Å²) in [6.07, 6.45) is 2.62. The van der Waals surface area contributed by atoms with Crippen LogP contribution in [0.4, 0.5) is 0 Å². The van der Waals surface area contributed by atoms with Crippen molar-refractivity contribution in [2.45, 2.75) is 23.1 Å². The Hall–Kier alpha value is -3.87. The van der Waals surface area contributed by atoms with E-state index < -0.39 is 0 Å². The van der Waals surface area contributed by atoms with Gasteiger partial charge in [0.1, 0.15) is 10.0 Å². The van der Waals surface area contributed by atoms with Gasteiger partial charge in [0.15, 0.2) is 12.4 Å². The lowest BCUT2D eigenvalue weighted by Gasteiger charge is -2.11. The van der Waals surface area contributed by atoms with Crippen molar-refractivity contribution in [3.8, 4) is 20.9 Å². The van der Waals surface area contributed by atoms with E-state index in [-0.39, 0.29) is 31.2 Å². The van der Waals surface area contributed by atoms with E-state index >= 15 is 0 Å². The van der Waals surface area contributed by atoms with Gasteiger partial charge in [0.05, 0.1) is 45.7 Å². The molecule has 0 saturated heterocycles. The van der Waals surface area contributed by atoms with Gasteiger partial charge in [-0.05, 0) is 23.3 Å². The lowest BCUT2D eigenvalue weighted by atomic mass is 10.2. The van der Waals surface area contributed by atoms with Gasteiger partial charge in [0, 0.05) is 12.1 Å². The second-order valence-corrected chi connectivity index (χ2v) is 13.1. The summed E-state index contributed by atoms with van der Waals surface area (Å²) in [7, 11) is 0. The molecular weight excluding hydrogens is 647 g/mol. The fourth-order valence-corrected chi connectivity index (χ4v) is 8.39. The number of hydrogen-bond donors (Lipinski definition) is 0. The van der Waals surface area contributed by atoms with Crippen molar-refractivity contribution in [1.29, 1.82) is 0 Å². The van der Waals surface area contributed by atoms with E-state index in [0.717, 1.165) is 46.0 Å². The van der Waals surface area contributed by atoms with Crippen LogP contribution in [0.5, 0.6) is 0 Å². The van der Waals surface area contributed by atoms with Crippen molar-refractivity contribution in [3.63, 3.8) is 0 Å². The molecular formula is C30H20Cl2N4O4S3. The molecule has 13 heteroatoms. The van der Waals surface area contributed by atoms with Crippen molar-refractivity contribution >= 4 is 58.0 Å². The molecule has 0 unspecified atom stereocenters. The summed E-state index contributed by atoms with van der Waals surface area (Å²) >= 11 is 16.3. The summed E-state index contributed by atoms with van der Waals surface area (Å²) in [5.41, 5.74) is 1.89. The molecule has 6 aromatic rings. The van der Waals surface area contributed by atoms with E-state index in [9.17, 15) is 20.0 Å². The van der Waals surface area contributed by atoms with E-state index in [1.807, 2.05) is 60.7 Å². The largest absolute Gasteiger partial charge is 0.618 e. The van der Waals surface area contributed by atoms with Crippen molar-refractivity contribution in [3.05, 3.63) is 150 Å². The molecule has 4 heterocycles. The van der Waals surface area contributed by atoms with Crippen LogP contribution >= 0.6 is 58.0 Å². The number of rotatable bonds is 8. The molecule has 4 aromatic heterocycles. The zero-order valence-corrected chi connectivity index (χ0v) is 26.0. The summed E-state index contributed by atoms with van der Waals surface area (Å²) < 4.78 is 4.31. The van der Waals surface area contributed by atoms with Gasteiger partial charge in [-0.3, -0.25) is 17.5 Å². The minimum Gasteiger partial charge on any atom is -0.618 e. The summed E-state index contributed by atoms with van der Waals surface area (Å²) in [6, 6.07) is 25.4. The van der Waals surface area contributed by atoms with Crippen LogP contribution in [0.25, 0.3) is 20.9 Å². The van der Waals surface area contributed by atoms with Crippen LogP contribution in [0, 0.1) is 10.4 Å². The molecule has 0 aliphatic carbocycles. The van der Waals surface area contributed by atoms with Gasteiger partial charge in [0.25, 0.3) is 21.2 Å². The number of benzene rings is 2. The predicted octanol–water partition coefficient (Wildman–Crippen LogP) is 6.29. The molecule has 0 N–H and O–H groups in total. The Balaban J connectivity index is 1.42. The molecule has 216 valence electrons. The van der Waals surface area contributed by atoms with Gasteiger partial charge in [-0.2, -0.15) is 9.46 Å². The van der Waals surface area contributed by atoms with Gasteiger partial charge in [-0.25, -0.2) is 0 Å². The fraction of sp³-hybridized carbons (Fsp3) is 0.0667. The highest BCUT2D eigenvalue weighted by atomic mass is 35.5. The molecule has 0 atom stereocenters. The number of aromatic nitrogens is 4. The Labute approximate surface area is 267 Å². The molecule has 0 aliphatic heterocycles. The van der Waals surface area contributed by atoms with Gasteiger partial charge >= 0.3 is 0 Å². The second kappa shape index (κ2) is 12.4. The third kappa shape index (κ3) is 5.86. The summed E-state index contributed by atoms with van der Waals surface area (Å²) in [4.78, 5) is 26.9. The number of pyridine rings is 2. The molecule has 0 fully saturated rings. The summed E-state index contributed by atoms with van der Waals surface area (Å²) in [6.45, 7) is 0.634. The first kappa shape index (κ1) is 29.2. The molecule has 0 saturated carbocycles. The fourth-order valence-electron chi connectivity index (χ4n) is 4.43. The predicted molar refractivity (Wildman–Crippen MR) is 171 cm³/mol. The SMILES string of the molecule is O=c1c(Cl)c(-c2ccc[n+]([O-])c2Sc2c(-c3sn(Cc4ccccc4)c(=O)c3Cl)ccc[n+]2[O-])sn1Cc1ccccc1. The third-order valence-corrected chi connectivity index (χ3v) is 10.8. The normalized spacial score (nSPS) is 11.2. The zero-order valence-electron chi connectivity index (χ0n) is 22.1. The smallest absolute Gasteiger partial charge is 0.280 e. The highest BCUT2D eigenvalue weighted by Gasteiger charge is 2.29. The van der Waals surface area contributed by atoms with Crippen molar-refractivity contribution in [2.24, 2.45) is 0 Å². The highest BCUT2D eigenvalue weighted by Crippen LogP contribution is 2.42. The van der Waals surface area contributed by atoms with Gasteiger partial charge < -0.3 is 10.4 Å². The Morgan fingerprint density at radius 3 is 1.42 bits per heavy atom. The second-order valence-electron chi connectivity index (χ2n) is 9.33. The van der Waals surface area contributed by atoms with Gasteiger partial charge in [0.2, 0.25) is 0 Å². The number of nitrogens with zero attached hydrogens (tertiary/aromatic N) is 4. The first-order valence-electron chi connectivity index (χ1n) is 12.8. The zero-order chi connectivity index (χ0) is 30.1. The van der Waals surface area contributed by atoms with Crippen LogP contribution < -0.4 is 20.6 Å². The number of halogens is 2. The minimum atomic E-state index is -0.377. The molecule has 0 aliphatic rings. The van der Waals surface area contributed by atoms with Crippen LogP contribution in [0.3, 0.4) is 0 Å². The molecule has 0 spiro atoms. The molecule has 6 rings (SSSR count). The molecule has 43 heavy (non-hydrogen) atoms. The maximum Gasteiger partial charge on any atom is 0.280 e. The molecule has 0 radical (unpaired) electrons. The topological polar surface area (TPSA) is 97.9 Å². The summed E-state index contributed by atoms with van der Waals surface area (Å²) in [5.74, 6) is 0. The first-order valence-corrected chi connectivity index (χ1v) is 15.9. The average molecular weight is 668 g/mol. The van der Waals surface area contributed by atoms with Crippen LogP contribution in [0.15, 0.2) is 117 Å². The maximum absolute atomic E-state index is 13.2. The Bertz CT molecular complexity index is 1910. The average Bonchev–Trinajstić information content (AvgIpc) is 3.45. The van der Waals surface area contributed by atoms with Crippen LogP contribution in [0.1, 0.15) is 11.1 Å². The van der Waals surface area contributed by atoms with Gasteiger partial charge in [-0.1, -0.05) is 107 Å². The van der Waals surface area contributed by atoms with Crippen LogP contribution in [0.2, 0.25) is 10.0 Å². The summed E-state index contributed by atoms with van der Waals surface area (Å²) in [5, 5.41) is 26.6. The molecule has 2 aromatic carbocycles. The van der Waals surface area contributed by atoms with E-state index in [2.05, 4.69) is 0 Å². The van der Waals surface area contributed by atoms with E-state index in [4.69, 9.17) is 23.2 Å². The Kier molecular flexibility index (Phi) is 8.42. The van der Waals surface area contributed by atoms with E-state index in [1.54, 1.807) is 24.3 Å². The number of hydrogen-bond acceptors (Lipinski definition) is 7. The van der Waals surface area contributed by atoms with Crippen molar-refractivity contribution in [1.82, 2.24) is 7.91 Å². The highest BCUT2D eigenvalue weighted by molar-refractivity contribution is 7.99. The molecule has 0 amide bonds.